The average Bonchev–Trinajstić information content (AvgIpc) is 3.48. The number of amides is 2. The summed E-state index contributed by atoms with van der Waals surface area (Å²) in [6, 6.07) is 5.59. The smallest absolute Gasteiger partial charge is 0.410 e. The van der Waals surface area contributed by atoms with Crippen LogP contribution in [0.5, 0.6) is 5.75 Å². The van der Waals surface area contributed by atoms with Crippen molar-refractivity contribution in [3.05, 3.63) is 41.7 Å². The lowest BCUT2D eigenvalue weighted by atomic mass is 10.1. The summed E-state index contributed by atoms with van der Waals surface area (Å²) in [6.45, 7) is 9.89. The maximum atomic E-state index is 13.7. The van der Waals surface area contributed by atoms with E-state index < -0.39 is 5.60 Å². The number of hydrogen-bond acceptors (Lipinski definition) is 8. The molecule has 1 N–H and O–H groups in total. The molecular formula is C29H37N7O5. The molecule has 0 saturated carbocycles. The number of carbonyl (C=O) groups is 2. The molecule has 2 amide bonds. The summed E-state index contributed by atoms with van der Waals surface area (Å²) in [7, 11) is 5.23. The number of methoxy groups -OCH3 is 1. The van der Waals surface area contributed by atoms with E-state index in [1.165, 1.54) is 0 Å². The predicted molar refractivity (Wildman–Crippen MR) is 157 cm³/mol. The number of anilines is 2. The van der Waals surface area contributed by atoms with Crippen LogP contribution in [0.25, 0.3) is 21.8 Å². The number of aromatic nitrogens is 4. The van der Waals surface area contributed by atoms with Gasteiger partial charge in [-0.2, -0.15) is 10.2 Å². The van der Waals surface area contributed by atoms with Gasteiger partial charge in [-0.25, -0.2) is 4.79 Å². The van der Waals surface area contributed by atoms with Crippen LogP contribution >= 0.6 is 0 Å². The molecule has 1 aliphatic heterocycles. The minimum absolute atomic E-state index is 0.0302. The molecule has 0 atom stereocenters. The Kier molecular flexibility index (Phi) is 7.52. The summed E-state index contributed by atoms with van der Waals surface area (Å²) in [5.41, 5.74) is 3.58. The standard InChI is InChI=1S/C29H37N7O5/c1-18-24-19(15-33(5)31-24)14-22(26(18)40-17-39-7)30-27(37)20-8-9-23(21-16-34(6)32-25(20)21)35-10-12-36(13-11-35)28(38)41-29(2,3)4/h8-9,14-16H,10-13,17H2,1-7H3,(H,30,37). The van der Waals surface area contributed by atoms with E-state index >= 15 is 0 Å². The molecule has 0 bridgehead atoms. The molecule has 12 nitrogen and oxygen atoms in total. The summed E-state index contributed by atoms with van der Waals surface area (Å²) in [5, 5.41) is 13.9. The number of ether oxygens (including phenoxy) is 3. The van der Waals surface area contributed by atoms with Crippen molar-refractivity contribution in [2.45, 2.75) is 33.3 Å². The first-order chi connectivity index (χ1) is 19.4. The van der Waals surface area contributed by atoms with E-state index in [1.54, 1.807) is 27.4 Å². The van der Waals surface area contributed by atoms with E-state index in [-0.39, 0.29) is 18.8 Å². The van der Waals surface area contributed by atoms with Crippen molar-refractivity contribution >= 4 is 45.2 Å². The van der Waals surface area contributed by atoms with Gasteiger partial charge in [0.25, 0.3) is 5.91 Å². The molecule has 1 saturated heterocycles. The molecule has 0 aliphatic carbocycles. The Morgan fingerprint density at radius 1 is 1.00 bits per heavy atom. The van der Waals surface area contributed by atoms with Gasteiger partial charge in [-0.3, -0.25) is 14.2 Å². The number of rotatable bonds is 6. The molecule has 3 heterocycles. The van der Waals surface area contributed by atoms with E-state index in [0.29, 0.717) is 48.7 Å². The molecular weight excluding hydrogens is 526 g/mol. The van der Waals surface area contributed by atoms with Crippen LogP contribution in [-0.4, -0.2) is 82.1 Å². The lowest BCUT2D eigenvalue weighted by Gasteiger charge is -2.37. The van der Waals surface area contributed by atoms with E-state index in [0.717, 1.165) is 27.5 Å². The zero-order valence-corrected chi connectivity index (χ0v) is 24.6. The van der Waals surface area contributed by atoms with Gasteiger partial charge >= 0.3 is 6.09 Å². The lowest BCUT2D eigenvalue weighted by molar-refractivity contribution is 0.0240. The van der Waals surface area contributed by atoms with Crippen molar-refractivity contribution in [3.63, 3.8) is 0 Å². The SMILES string of the molecule is COCOc1c(NC(=O)c2ccc(N3CCN(C(=O)OC(C)(C)C)CC3)c3cn(C)nc23)cc2cn(C)nc2c1C. The van der Waals surface area contributed by atoms with Crippen LogP contribution in [0.1, 0.15) is 36.7 Å². The molecule has 218 valence electrons. The second-order valence-corrected chi connectivity index (χ2v) is 11.3. The van der Waals surface area contributed by atoms with Crippen molar-refractivity contribution in [1.29, 1.82) is 0 Å². The first-order valence-corrected chi connectivity index (χ1v) is 13.5. The first-order valence-electron chi connectivity index (χ1n) is 13.5. The van der Waals surface area contributed by atoms with Crippen molar-refractivity contribution in [2.75, 3.05) is 50.3 Å². The topological polar surface area (TPSA) is 116 Å². The van der Waals surface area contributed by atoms with Crippen molar-refractivity contribution < 1.29 is 23.8 Å². The second kappa shape index (κ2) is 10.9. The molecule has 2 aromatic carbocycles. The second-order valence-electron chi connectivity index (χ2n) is 11.3. The number of aryl methyl sites for hydroxylation is 3. The lowest BCUT2D eigenvalue weighted by Crippen LogP contribution is -2.50. The number of carbonyl (C=O) groups excluding carboxylic acids is 2. The fourth-order valence-corrected chi connectivity index (χ4v) is 5.14. The van der Waals surface area contributed by atoms with Gasteiger partial charge in [0.1, 0.15) is 11.1 Å². The summed E-state index contributed by atoms with van der Waals surface area (Å²) in [5.74, 6) is 0.197. The van der Waals surface area contributed by atoms with Gasteiger partial charge in [-0.15, -0.1) is 0 Å². The quantitative estimate of drug-likeness (QED) is 0.349. The molecule has 0 radical (unpaired) electrons. The average molecular weight is 564 g/mol. The van der Waals surface area contributed by atoms with Crippen LogP contribution in [0.15, 0.2) is 30.6 Å². The summed E-state index contributed by atoms with van der Waals surface area (Å²) >= 11 is 0. The number of piperazine rings is 1. The monoisotopic (exact) mass is 563 g/mol. The van der Waals surface area contributed by atoms with Crippen LogP contribution in [-0.2, 0) is 23.6 Å². The Hall–Kier alpha value is -4.32. The molecule has 5 rings (SSSR count). The van der Waals surface area contributed by atoms with Crippen molar-refractivity contribution in [3.8, 4) is 5.75 Å². The zero-order chi connectivity index (χ0) is 29.5. The molecule has 1 fully saturated rings. The van der Waals surface area contributed by atoms with Crippen LogP contribution in [0.2, 0.25) is 0 Å². The fraction of sp³-hybridized carbons (Fsp3) is 0.448. The van der Waals surface area contributed by atoms with E-state index in [1.807, 2.05) is 66.3 Å². The van der Waals surface area contributed by atoms with E-state index in [4.69, 9.17) is 14.2 Å². The largest absolute Gasteiger partial charge is 0.465 e. The third-order valence-electron chi connectivity index (χ3n) is 6.95. The molecule has 1 aliphatic rings. The van der Waals surface area contributed by atoms with Crippen LogP contribution in [0, 0.1) is 6.92 Å². The first kappa shape index (κ1) is 28.2. The van der Waals surface area contributed by atoms with Crippen LogP contribution in [0.4, 0.5) is 16.2 Å². The molecule has 2 aromatic heterocycles. The fourth-order valence-electron chi connectivity index (χ4n) is 5.14. The maximum absolute atomic E-state index is 13.7. The van der Waals surface area contributed by atoms with Crippen molar-refractivity contribution in [1.82, 2.24) is 24.5 Å². The van der Waals surface area contributed by atoms with E-state index in [2.05, 4.69) is 20.4 Å². The highest BCUT2D eigenvalue weighted by atomic mass is 16.7. The zero-order valence-electron chi connectivity index (χ0n) is 24.6. The highest BCUT2D eigenvalue weighted by molar-refractivity contribution is 6.14. The Morgan fingerprint density at radius 2 is 1.68 bits per heavy atom. The molecule has 0 spiro atoms. The minimum Gasteiger partial charge on any atom is -0.465 e. The van der Waals surface area contributed by atoms with Gasteiger partial charge in [0.2, 0.25) is 0 Å². The van der Waals surface area contributed by atoms with Gasteiger partial charge in [0.15, 0.2) is 12.5 Å². The normalized spacial score (nSPS) is 14.1. The van der Waals surface area contributed by atoms with Gasteiger partial charge in [0, 0.05) is 81.8 Å². The van der Waals surface area contributed by atoms with Gasteiger partial charge in [-0.1, -0.05) is 0 Å². The van der Waals surface area contributed by atoms with Crippen LogP contribution < -0.4 is 15.0 Å². The number of benzene rings is 2. The van der Waals surface area contributed by atoms with Gasteiger partial charge < -0.3 is 29.3 Å². The summed E-state index contributed by atoms with van der Waals surface area (Å²) in [6.07, 6.45) is 3.51. The van der Waals surface area contributed by atoms with Crippen LogP contribution in [0.3, 0.4) is 0 Å². The summed E-state index contributed by atoms with van der Waals surface area (Å²) < 4.78 is 20.0. The Labute approximate surface area is 238 Å². The Bertz CT molecular complexity index is 1610. The molecule has 12 heteroatoms. The number of nitrogens with one attached hydrogen (secondary N) is 1. The summed E-state index contributed by atoms with van der Waals surface area (Å²) in [4.78, 5) is 30.2. The molecule has 4 aromatic rings. The Balaban J connectivity index is 1.41. The number of fused-ring (bicyclic) bond motifs is 2. The van der Waals surface area contributed by atoms with Gasteiger partial charge in [0.05, 0.1) is 16.8 Å². The third-order valence-corrected chi connectivity index (χ3v) is 6.95. The third kappa shape index (κ3) is 5.78. The number of hydrogen-bond donors (Lipinski definition) is 1. The highest BCUT2D eigenvalue weighted by Gasteiger charge is 2.28. The van der Waals surface area contributed by atoms with Gasteiger partial charge in [-0.05, 0) is 45.9 Å². The predicted octanol–water partition coefficient (Wildman–Crippen LogP) is 4.06. The Morgan fingerprint density at radius 3 is 2.37 bits per heavy atom. The maximum Gasteiger partial charge on any atom is 0.410 e. The molecule has 0 unspecified atom stereocenters. The number of nitrogens with zero attached hydrogens (tertiary/aromatic N) is 6. The van der Waals surface area contributed by atoms with Crippen molar-refractivity contribution in [2.24, 2.45) is 14.1 Å². The van der Waals surface area contributed by atoms with E-state index in [9.17, 15) is 9.59 Å². The highest BCUT2D eigenvalue weighted by Crippen LogP contribution is 2.36. The molecule has 41 heavy (non-hydrogen) atoms. The minimum atomic E-state index is -0.536.